The SMILES string of the molecule is O=C(O)Cc1csc2nc(-c3ccc(Cl)c(Cl)c3)cn12. The van der Waals surface area contributed by atoms with Gasteiger partial charge in [-0.15, -0.1) is 11.3 Å². The number of carboxylic acid groups (broad SMARTS) is 1. The number of imidazole rings is 1. The molecule has 0 amide bonds. The van der Waals surface area contributed by atoms with Crippen LogP contribution in [0.25, 0.3) is 16.2 Å². The summed E-state index contributed by atoms with van der Waals surface area (Å²) in [6, 6.07) is 5.29. The molecular formula is C13H8Cl2N2O2S. The Bertz CT molecular complexity index is 810. The van der Waals surface area contributed by atoms with Gasteiger partial charge in [-0.3, -0.25) is 9.20 Å². The Morgan fingerprint density at radius 1 is 1.35 bits per heavy atom. The molecule has 102 valence electrons. The van der Waals surface area contributed by atoms with Gasteiger partial charge in [-0.05, 0) is 12.1 Å². The fraction of sp³-hybridized carbons (Fsp3) is 0.0769. The molecule has 2 heterocycles. The number of fused-ring (bicyclic) bond motifs is 1. The summed E-state index contributed by atoms with van der Waals surface area (Å²) in [6.45, 7) is 0. The zero-order chi connectivity index (χ0) is 14.3. The van der Waals surface area contributed by atoms with Crippen molar-refractivity contribution in [3.8, 4) is 11.3 Å². The maximum absolute atomic E-state index is 10.8. The van der Waals surface area contributed by atoms with Gasteiger partial charge in [-0.1, -0.05) is 29.3 Å². The van der Waals surface area contributed by atoms with Crippen molar-refractivity contribution in [3.05, 3.63) is 45.5 Å². The van der Waals surface area contributed by atoms with E-state index in [1.807, 2.05) is 12.3 Å². The summed E-state index contributed by atoms with van der Waals surface area (Å²) in [5, 5.41) is 11.6. The van der Waals surface area contributed by atoms with Gasteiger partial charge in [0.25, 0.3) is 0 Å². The topological polar surface area (TPSA) is 54.6 Å². The van der Waals surface area contributed by atoms with Crippen LogP contribution >= 0.6 is 34.5 Å². The minimum absolute atomic E-state index is 0.0306. The van der Waals surface area contributed by atoms with Gasteiger partial charge in [0.1, 0.15) is 0 Å². The summed E-state index contributed by atoms with van der Waals surface area (Å²) in [5.74, 6) is -0.866. The number of carbonyl (C=O) groups is 1. The van der Waals surface area contributed by atoms with Crippen molar-refractivity contribution in [2.24, 2.45) is 0 Å². The molecule has 0 bridgehead atoms. The molecule has 1 aromatic carbocycles. The highest BCUT2D eigenvalue weighted by Gasteiger charge is 2.12. The van der Waals surface area contributed by atoms with Crippen LogP contribution in [0.15, 0.2) is 29.8 Å². The number of benzene rings is 1. The van der Waals surface area contributed by atoms with E-state index < -0.39 is 5.97 Å². The molecule has 1 N–H and O–H groups in total. The predicted molar refractivity (Wildman–Crippen MR) is 79.9 cm³/mol. The average molecular weight is 327 g/mol. The number of halogens is 2. The van der Waals surface area contributed by atoms with E-state index in [1.165, 1.54) is 11.3 Å². The molecule has 20 heavy (non-hydrogen) atoms. The van der Waals surface area contributed by atoms with E-state index >= 15 is 0 Å². The quantitative estimate of drug-likeness (QED) is 0.791. The normalized spacial score (nSPS) is 11.1. The molecule has 0 unspecified atom stereocenters. The highest BCUT2D eigenvalue weighted by Crippen LogP contribution is 2.29. The number of aromatic nitrogens is 2. The Morgan fingerprint density at radius 2 is 2.15 bits per heavy atom. The third kappa shape index (κ3) is 2.40. The van der Waals surface area contributed by atoms with Crippen molar-refractivity contribution in [3.63, 3.8) is 0 Å². The van der Waals surface area contributed by atoms with Gasteiger partial charge in [0, 0.05) is 22.8 Å². The van der Waals surface area contributed by atoms with Gasteiger partial charge >= 0.3 is 5.97 Å². The molecule has 0 fully saturated rings. The average Bonchev–Trinajstić information content (AvgIpc) is 2.94. The molecule has 0 atom stereocenters. The van der Waals surface area contributed by atoms with Gasteiger partial charge in [0.15, 0.2) is 4.96 Å². The van der Waals surface area contributed by atoms with Gasteiger partial charge in [-0.25, -0.2) is 4.98 Å². The fourth-order valence-corrected chi connectivity index (χ4v) is 3.08. The first kappa shape index (κ1) is 13.4. The standard InChI is InChI=1S/C13H8Cl2N2O2S/c14-9-2-1-7(3-10(9)15)11-5-17-8(4-12(18)19)6-20-13(17)16-11/h1-3,5-6H,4H2,(H,18,19). The minimum Gasteiger partial charge on any atom is -0.481 e. The van der Waals surface area contributed by atoms with Crippen LogP contribution in [-0.2, 0) is 11.2 Å². The van der Waals surface area contributed by atoms with E-state index in [0.29, 0.717) is 15.7 Å². The van der Waals surface area contributed by atoms with E-state index in [9.17, 15) is 4.79 Å². The summed E-state index contributed by atoms with van der Waals surface area (Å²) in [7, 11) is 0. The van der Waals surface area contributed by atoms with Gasteiger partial charge in [0.2, 0.25) is 0 Å². The lowest BCUT2D eigenvalue weighted by atomic mass is 10.2. The van der Waals surface area contributed by atoms with Crippen LogP contribution in [0.2, 0.25) is 10.0 Å². The third-order valence-electron chi connectivity index (χ3n) is 2.83. The van der Waals surface area contributed by atoms with E-state index in [2.05, 4.69) is 4.98 Å². The molecule has 0 saturated heterocycles. The first-order chi connectivity index (χ1) is 9.54. The number of hydrogen-bond acceptors (Lipinski definition) is 3. The summed E-state index contributed by atoms with van der Waals surface area (Å²) >= 11 is 13.3. The van der Waals surface area contributed by atoms with Crippen molar-refractivity contribution in [1.82, 2.24) is 9.38 Å². The molecule has 0 aliphatic heterocycles. The largest absolute Gasteiger partial charge is 0.481 e. The smallest absolute Gasteiger partial charge is 0.309 e. The Kier molecular flexibility index (Phi) is 3.41. The van der Waals surface area contributed by atoms with E-state index in [0.717, 1.165) is 16.2 Å². The van der Waals surface area contributed by atoms with Crippen LogP contribution in [0.4, 0.5) is 0 Å². The maximum atomic E-state index is 10.8. The number of carboxylic acids is 1. The Morgan fingerprint density at radius 3 is 2.85 bits per heavy atom. The van der Waals surface area contributed by atoms with Crippen molar-refractivity contribution in [1.29, 1.82) is 0 Å². The Hall–Kier alpha value is -1.56. The van der Waals surface area contributed by atoms with Crippen LogP contribution < -0.4 is 0 Å². The van der Waals surface area contributed by atoms with Crippen molar-refractivity contribution < 1.29 is 9.90 Å². The first-order valence-corrected chi connectivity index (χ1v) is 7.31. The Balaban J connectivity index is 2.06. The number of hydrogen-bond donors (Lipinski definition) is 1. The van der Waals surface area contributed by atoms with E-state index in [4.69, 9.17) is 28.3 Å². The monoisotopic (exact) mass is 326 g/mol. The van der Waals surface area contributed by atoms with Gasteiger partial charge < -0.3 is 5.11 Å². The summed E-state index contributed by atoms with van der Waals surface area (Å²) in [4.78, 5) is 16.0. The molecule has 0 aliphatic carbocycles. The molecule has 0 aliphatic rings. The van der Waals surface area contributed by atoms with Crippen LogP contribution in [0, 0.1) is 0 Å². The third-order valence-corrected chi connectivity index (χ3v) is 4.46. The van der Waals surface area contributed by atoms with Crippen molar-refractivity contribution in [2.75, 3.05) is 0 Å². The second-order valence-corrected chi connectivity index (χ2v) is 5.86. The van der Waals surface area contributed by atoms with Crippen molar-refractivity contribution in [2.45, 2.75) is 6.42 Å². The fourth-order valence-electron chi connectivity index (χ4n) is 1.91. The maximum Gasteiger partial charge on any atom is 0.309 e. The molecule has 7 heteroatoms. The van der Waals surface area contributed by atoms with Crippen LogP contribution in [0.3, 0.4) is 0 Å². The first-order valence-electron chi connectivity index (χ1n) is 5.67. The molecule has 0 spiro atoms. The molecule has 3 rings (SSSR count). The van der Waals surface area contributed by atoms with Crippen molar-refractivity contribution >= 4 is 45.5 Å². The lowest BCUT2D eigenvalue weighted by molar-refractivity contribution is -0.136. The molecule has 4 nitrogen and oxygen atoms in total. The second kappa shape index (κ2) is 5.09. The zero-order valence-corrected chi connectivity index (χ0v) is 12.3. The number of nitrogens with zero attached hydrogens (tertiary/aromatic N) is 2. The minimum atomic E-state index is -0.866. The Labute approximate surface area is 128 Å². The second-order valence-electron chi connectivity index (χ2n) is 4.21. The summed E-state index contributed by atoms with van der Waals surface area (Å²) < 4.78 is 1.79. The van der Waals surface area contributed by atoms with Gasteiger partial charge in [-0.2, -0.15) is 0 Å². The van der Waals surface area contributed by atoms with Crippen LogP contribution in [-0.4, -0.2) is 20.5 Å². The number of thiazole rings is 1. The number of rotatable bonds is 3. The number of aliphatic carboxylic acids is 1. The van der Waals surface area contributed by atoms with Crippen LogP contribution in [0.1, 0.15) is 5.69 Å². The molecule has 0 radical (unpaired) electrons. The lowest BCUT2D eigenvalue weighted by Crippen LogP contribution is -2.02. The molecule has 2 aromatic heterocycles. The summed E-state index contributed by atoms with van der Waals surface area (Å²) in [6.07, 6.45) is 1.78. The zero-order valence-electron chi connectivity index (χ0n) is 10.0. The lowest BCUT2D eigenvalue weighted by Gasteiger charge is -1.99. The van der Waals surface area contributed by atoms with Crippen LogP contribution in [0.5, 0.6) is 0 Å². The molecule has 0 saturated carbocycles. The molecular weight excluding hydrogens is 319 g/mol. The highest BCUT2D eigenvalue weighted by molar-refractivity contribution is 7.15. The van der Waals surface area contributed by atoms with E-state index in [-0.39, 0.29) is 6.42 Å². The predicted octanol–water partition coefficient (Wildman–Crippen LogP) is 4.00. The molecule has 3 aromatic rings. The summed E-state index contributed by atoms with van der Waals surface area (Å²) in [5.41, 5.74) is 2.29. The van der Waals surface area contributed by atoms with E-state index in [1.54, 1.807) is 21.9 Å². The highest BCUT2D eigenvalue weighted by atomic mass is 35.5. The van der Waals surface area contributed by atoms with Gasteiger partial charge in [0.05, 0.1) is 22.2 Å².